The van der Waals surface area contributed by atoms with Crippen LogP contribution in [0.1, 0.15) is 54.0 Å². The molecule has 1 heterocycles. The van der Waals surface area contributed by atoms with Gasteiger partial charge in [0.2, 0.25) is 0 Å². The maximum absolute atomic E-state index is 12.7. The molecular formula is C15H22ClNO2. The smallest absolute Gasteiger partial charge is 0.257 e. The number of hydrogen-bond donors (Lipinski definition) is 0. The van der Waals surface area contributed by atoms with Gasteiger partial charge in [0.05, 0.1) is 5.56 Å². The number of furan rings is 1. The molecule has 0 N–H and O–H groups in total. The number of hydrogen-bond acceptors (Lipinski definition) is 2. The van der Waals surface area contributed by atoms with E-state index in [1.54, 1.807) is 0 Å². The number of carbonyl (C=O) groups excluding carboxylic acids is 1. The highest BCUT2D eigenvalue weighted by Gasteiger charge is 2.27. The third-order valence-corrected chi connectivity index (χ3v) is 4.04. The highest BCUT2D eigenvalue weighted by atomic mass is 35.5. The van der Waals surface area contributed by atoms with Gasteiger partial charge in [-0.25, -0.2) is 0 Å². The first-order chi connectivity index (χ1) is 9.13. The molecule has 0 unspecified atom stereocenters. The van der Waals surface area contributed by atoms with Gasteiger partial charge in [-0.15, -0.1) is 11.6 Å². The predicted molar refractivity (Wildman–Crippen MR) is 76.8 cm³/mol. The predicted octanol–water partition coefficient (Wildman–Crippen LogP) is 3.91. The maximum Gasteiger partial charge on any atom is 0.257 e. The summed E-state index contributed by atoms with van der Waals surface area (Å²) in [5, 5.41) is 0. The molecule has 0 spiro atoms. The summed E-state index contributed by atoms with van der Waals surface area (Å²) in [6.45, 7) is 4.34. The summed E-state index contributed by atoms with van der Waals surface area (Å²) in [4.78, 5) is 14.6. The van der Waals surface area contributed by atoms with Gasteiger partial charge in [-0.2, -0.15) is 0 Å². The monoisotopic (exact) mass is 283 g/mol. The zero-order valence-corrected chi connectivity index (χ0v) is 12.5. The first kappa shape index (κ1) is 14.4. The van der Waals surface area contributed by atoms with Crippen molar-refractivity contribution < 1.29 is 9.21 Å². The Labute approximate surface area is 119 Å². The summed E-state index contributed by atoms with van der Waals surface area (Å²) < 4.78 is 5.47. The summed E-state index contributed by atoms with van der Waals surface area (Å²) in [6.07, 6.45) is 5.89. The SMILES string of the molecule is Cc1cc(C(=O)N(CCCl)C2CCCCC2)c(C)o1. The van der Waals surface area contributed by atoms with E-state index in [1.165, 1.54) is 19.3 Å². The average Bonchev–Trinajstić information content (AvgIpc) is 2.75. The fourth-order valence-corrected chi connectivity index (χ4v) is 3.11. The van der Waals surface area contributed by atoms with E-state index in [2.05, 4.69) is 0 Å². The fourth-order valence-electron chi connectivity index (χ4n) is 2.93. The van der Waals surface area contributed by atoms with Crippen LogP contribution >= 0.6 is 11.6 Å². The van der Waals surface area contributed by atoms with E-state index in [1.807, 2.05) is 24.8 Å². The van der Waals surface area contributed by atoms with Crippen molar-refractivity contribution in [3.63, 3.8) is 0 Å². The summed E-state index contributed by atoms with van der Waals surface area (Å²) in [6, 6.07) is 2.18. The molecular weight excluding hydrogens is 262 g/mol. The first-order valence-electron chi connectivity index (χ1n) is 7.07. The van der Waals surface area contributed by atoms with Gasteiger partial charge < -0.3 is 9.32 Å². The lowest BCUT2D eigenvalue weighted by molar-refractivity contribution is 0.0648. The van der Waals surface area contributed by atoms with Crippen LogP contribution in [0.15, 0.2) is 10.5 Å². The van der Waals surface area contributed by atoms with E-state index in [0.717, 1.165) is 18.6 Å². The van der Waals surface area contributed by atoms with Crippen LogP contribution in [0.4, 0.5) is 0 Å². The number of amides is 1. The van der Waals surface area contributed by atoms with Gasteiger partial charge in [0.15, 0.2) is 0 Å². The van der Waals surface area contributed by atoms with E-state index < -0.39 is 0 Å². The third kappa shape index (κ3) is 3.33. The van der Waals surface area contributed by atoms with Crippen molar-refractivity contribution in [1.29, 1.82) is 0 Å². The van der Waals surface area contributed by atoms with Crippen LogP contribution in [0, 0.1) is 13.8 Å². The minimum absolute atomic E-state index is 0.0712. The number of rotatable bonds is 4. The first-order valence-corrected chi connectivity index (χ1v) is 7.61. The van der Waals surface area contributed by atoms with Crippen LogP contribution in [-0.4, -0.2) is 29.3 Å². The normalized spacial score (nSPS) is 16.6. The molecule has 0 radical (unpaired) electrons. The second-order valence-corrected chi connectivity index (χ2v) is 5.68. The number of carbonyl (C=O) groups is 1. The van der Waals surface area contributed by atoms with Gasteiger partial charge in [-0.1, -0.05) is 19.3 Å². The van der Waals surface area contributed by atoms with Gasteiger partial charge in [-0.05, 0) is 32.8 Å². The lowest BCUT2D eigenvalue weighted by Crippen LogP contribution is -2.42. The standard InChI is InChI=1S/C15H22ClNO2/c1-11-10-14(12(2)19-11)15(18)17(9-8-16)13-6-4-3-5-7-13/h10,13H,3-9H2,1-2H3. The van der Waals surface area contributed by atoms with Gasteiger partial charge in [0, 0.05) is 18.5 Å². The molecule has 0 aromatic carbocycles. The average molecular weight is 284 g/mol. The number of halogens is 1. The van der Waals surface area contributed by atoms with Crippen molar-refractivity contribution >= 4 is 17.5 Å². The van der Waals surface area contributed by atoms with Crippen LogP contribution in [0.2, 0.25) is 0 Å². The fraction of sp³-hybridized carbons (Fsp3) is 0.667. The van der Waals surface area contributed by atoms with E-state index in [-0.39, 0.29) is 5.91 Å². The van der Waals surface area contributed by atoms with Gasteiger partial charge in [0.1, 0.15) is 11.5 Å². The Bertz CT molecular complexity index is 435. The van der Waals surface area contributed by atoms with E-state index in [0.29, 0.717) is 29.8 Å². The van der Waals surface area contributed by atoms with Crippen molar-refractivity contribution in [3.05, 3.63) is 23.2 Å². The minimum Gasteiger partial charge on any atom is -0.466 e. The molecule has 0 saturated heterocycles. The lowest BCUT2D eigenvalue weighted by atomic mass is 9.93. The third-order valence-electron chi connectivity index (χ3n) is 3.87. The number of aryl methyl sites for hydroxylation is 2. The van der Waals surface area contributed by atoms with E-state index in [9.17, 15) is 4.79 Å². The maximum atomic E-state index is 12.7. The van der Waals surface area contributed by atoms with Crippen LogP contribution in [-0.2, 0) is 0 Å². The molecule has 1 aliphatic carbocycles. The van der Waals surface area contributed by atoms with Crippen molar-refractivity contribution in [2.75, 3.05) is 12.4 Å². The molecule has 2 rings (SSSR count). The van der Waals surface area contributed by atoms with Crippen molar-refractivity contribution in [2.45, 2.75) is 52.0 Å². The quantitative estimate of drug-likeness (QED) is 0.785. The zero-order valence-electron chi connectivity index (χ0n) is 11.7. The van der Waals surface area contributed by atoms with Crippen LogP contribution in [0.25, 0.3) is 0 Å². The largest absolute Gasteiger partial charge is 0.466 e. The molecule has 0 bridgehead atoms. The van der Waals surface area contributed by atoms with Gasteiger partial charge in [-0.3, -0.25) is 4.79 Å². The lowest BCUT2D eigenvalue weighted by Gasteiger charge is -2.34. The van der Waals surface area contributed by atoms with Crippen LogP contribution in [0.5, 0.6) is 0 Å². The Hall–Kier alpha value is -0.960. The molecule has 1 saturated carbocycles. The topological polar surface area (TPSA) is 33.5 Å². The highest BCUT2D eigenvalue weighted by molar-refractivity contribution is 6.18. The Balaban J connectivity index is 2.17. The summed E-state index contributed by atoms with van der Waals surface area (Å²) in [5.41, 5.74) is 0.688. The Morgan fingerprint density at radius 3 is 2.58 bits per heavy atom. The minimum atomic E-state index is 0.0712. The Morgan fingerprint density at radius 2 is 2.05 bits per heavy atom. The Morgan fingerprint density at radius 1 is 1.37 bits per heavy atom. The molecule has 106 valence electrons. The number of alkyl halides is 1. The van der Waals surface area contributed by atoms with Gasteiger partial charge in [0.25, 0.3) is 5.91 Å². The van der Waals surface area contributed by atoms with E-state index >= 15 is 0 Å². The molecule has 19 heavy (non-hydrogen) atoms. The molecule has 1 aromatic heterocycles. The second-order valence-electron chi connectivity index (χ2n) is 5.31. The molecule has 4 heteroatoms. The van der Waals surface area contributed by atoms with Crippen LogP contribution < -0.4 is 0 Å². The van der Waals surface area contributed by atoms with Crippen LogP contribution in [0.3, 0.4) is 0 Å². The second kappa shape index (κ2) is 6.47. The summed E-state index contributed by atoms with van der Waals surface area (Å²) in [5.74, 6) is 2.05. The summed E-state index contributed by atoms with van der Waals surface area (Å²) >= 11 is 5.87. The molecule has 3 nitrogen and oxygen atoms in total. The van der Waals surface area contributed by atoms with Crippen molar-refractivity contribution in [3.8, 4) is 0 Å². The molecule has 0 aliphatic heterocycles. The highest BCUT2D eigenvalue weighted by Crippen LogP contribution is 2.25. The Kier molecular flexibility index (Phi) is 4.92. The van der Waals surface area contributed by atoms with Crippen molar-refractivity contribution in [1.82, 2.24) is 4.90 Å². The molecule has 1 amide bonds. The number of nitrogens with zero attached hydrogens (tertiary/aromatic N) is 1. The molecule has 1 aromatic rings. The molecule has 0 atom stereocenters. The van der Waals surface area contributed by atoms with Crippen molar-refractivity contribution in [2.24, 2.45) is 0 Å². The molecule has 1 fully saturated rings. The van der Waals surface area contributed by atoms with Gasteiger partial charge >= 0.3 is 0 Å². The molecule has 1 aliphatic rings. The zero-order chi connectivity index (χ0) is 13.8. The summed E-state index contributed by atoms with van der Waals surface area (Å²) in [7, 11) is 0. The van der Waals surface area contributed by atoms with E-state index in [4.69, 9.17) is 16.0 Å².